The molecule has 28 heavy (non-hydrogen) atoms. The van der Waals surface area contributed by atoms with Crippen molar-refractivity contribution in [1.29, 1.82) is 0 Å². The van der Waals surface area contributed by atoms with E-state index in [1.807, 2.05) is 18.2 Å². The summed E-state index contributed by atoms with van der Waals surface area (Å²) in [5.41, 5.74) is 2.13. The number of carbonyl (C=O) groups is 1. The van der Waals surface area contributed by atoms with Crippen molar-refractivity contribution in [3.63, 3.8) is 0 Å². The van der Waals surface area contributed by atoms with Crippen molar-refractivity contribution in [3.05, 3.63) is 52.5 Å². The molecule has 1 N–H and O–H groups in total. The number of nitrogens with one attached hydrogen (secondary N) is 1. The summed E-state index contributed by atoms with van der Waals surface area (Å²) in [6.45, 7) is 0.413. The van der Waals surface area contributed by atoms with Crippen molar-refractivity contribution in [2.75, 3.05) is 6.61 Å². The second kappa shape index (κ2) is 8.08. The number of fused-ring (bicyclic) bond motifs is 2. The van der Waals surface area contributed by atoms with E-state index in [0.29, 0.717) is 35.8 Å². The molecule has 1 amide bonds. The van der Waals surface area contributed by atoms with Crippen LogP contribution in [-0.2, 0) is 11.3 Å². The Kier molecular flexibility index (Phi) is 5.54. The first-order chi connectivity index (χ1) is 13.5. The Hall–Kier alpha value is -2.13. The van der Waals surface area contributed by atoms with Gasteiger partial charge in [-0.05, 0) is 42.1 Å². The van der Waals surface area contributed by atoms with Gasteiger partial charge in [-0.25, -0.2) is 4.98 Å². The number of aromatic nitrogens is 2. The van der Waals surface area contributed by atoms with Crippen molar-refractivity contribution in [2.24, 2.45) is 0 Å². The van der Waals surface area contributed by atoms with E-state index in [-0.39, 0.29) is 23.7 Å². The Balaban J connectivity index is 1.57. The van der Waals surface area contributed by atoms with Gasteiger partial charge in [0.2, 0.25) is 5.91 Å². The van der Waals surface area contributed by atoms with E-state index in [4.69, 9.17) is 4.74 Å². The minimum absolute atomic E-state index is 0.0870. The molecular weight excluding hydrogens is 452 g/mol. The quantitative estimate of drug-likeness (QED) is 0.549. The molecule has 3 aromatic rings. The lowest BCUT2D eigenvalue weighted by molar-refractivity contribution is -0.122. The number of nitrogens with zero attached hydrogens (tertiary/aromatic N) is 2. The Labute approximate surface area is 172 Å². The molecule has 0 radical (unpaired) electrons. The molecule has 0 bridgehead atoms. The van der Waals surface area contributed by atoms with Crippen LogP contribution in [0.1, 0.15) is 18.0 Å². The summed E-state index contributed by atoms with van der Waals surface area (Å²) in [5, 5.41) is 3.13. The van der Waals surface area contributed by atoms with Crippen molar-refractivity contribution < 1.29 is 18.3 Å². The van der Waals surface area contributed by atoms with Crippen LogP contribution in [0.3, 0.4) is 0 Å². The topological polar surface area (TPSA) is 56.2 Å². The van der Waals surface area contributed by atoms with Gasteiger partial charge in [-0.3, -0.25) is 4.79 Å². The van der Waals surface area contributed by atoms with E-state index in [1.165, 1.54) is 4.57 Å². The summed E-state index contributed by atoms with van der Waals surface area (Å²) in [5.74, 6) is -2.14. The Morgan fingerprint density at radius 2 is 2.18 bits per heavy atom. The molecule has 1 aliphatic rings. The number of para-hydroxylation sites is 2. The molecule has 1 atom stereocenters. The standard InChI is InChI=1S/C19H16BrF2N3O2S/c20-11-5-6-16-12(9-11)13(7-8-27-16)23-17(26)10-25-15-4-2-1-3-14(15)24-19(25)28-18(21)22/h1-6,9,13,18H,7-8,10H2,(H,23,26). The van der Waals surface area contributed by atoms with Crippen LogP contribution in [-0.4, -0.2) is 27.8 Å². The van der Waals surface area contributed by atoms with Gasteiger partial charge >= 0.3 is 0 Å². The fourth-order valence-corrected chi connectivity index (χ4v) is 4.25. The third-order valence-electron chi connectivity index (χ3n) is 4.46. The van der Waals surface area contributed by atoms with Gasteiger partial charge in [0.25, 0.3) is 5.76 Å². The number of hydrogen-bond acceptors (Lipinski definition) is 4. The lowest BCUT2D eigenvalue weighted by Gasteiger charge is -2.27. The van der Waals surface area contributed by atoms with E-state index < -0.39 is 5.76 Å². The predicted octanol–water partition coefficient (Wildman–Crippen LogP) is 4.75. The molecule has 9 heteroatoms. The maximum atomic E-state index is 12.9. The van der Waals surface area contributed by atoms with Crippen LogP contribution >= 0.6 is 27.7 Å². The van der Waals surface area contributed by atoms with Crippen LogP contribution in [0.25, 0.3) is 11.0 Å². The molecule has 4 rings (SSSR count). The van der Waals surface area contributed by atoms with Crippen LogP contribution in [0.2, 0.25) is 0 Å². The third kappa shape index (κ3) is 4.00. The van der Waals surface area contributed by atoms with Crippen LogP contribution in [0.4, 0.5) is 8.78 Å². The summed E-state index contributed by atoms with van der Waals surface area (Å²) in [7, 11) is 0. The number of benzene rings is 2. The number of imidazole rings is 1. The van der Waals surface area contributed by atoms with Crippen molar-refractivity contribution in [2.45, 2.75) is 29.9 Å². The normalized spacial score (nSPS) is 16.1. The maximum absolute atomic E-state index is 12.9. The fraction of sp³-hybridized carbons (Fsp3) is 0.263. The van der Waals surface area contributed by atoms with E-state index in [9.17, 15) is 13.6 Å². The van der Waals surface area contributed by atoms with E-state index in [2.05, 4.69) is 26.2 Å². The molecule has 5 nitrogen and oxygen atoms in total. The zero-order chi connectivity index (χ0) is 19.7. The Bertz CT molecular complexity index is 1030. The predicted molar refractivity (Wildman–Crippen MR) is 107 cm³/mol. The molecule has 1 aliphatic heterocycles. The first kappa shape index (κ1) is 19.2. The molecule has 0 spiro atoms. The summed E-state index contributed by atoms with van der Waals surface area (Å²) in [4.78, 5) is 17.0. The second-order valence-electron chi connectivity index (χ2n) is 6.29. The molecule has 0 aliphatic carbocycles. The van der Waals surface area contributed by atoms with Gasteiger partial charge in [0.15, 0.2) is 5.16 Å². The lowest BCUT2D eigenvalue weighted by atomic mass is 10.0. The van der Waals surface area contributed by atoms with Gasteiger partial charge in [-0.15, -0.1) is 0 Å². The van der Waals surface area contributed by atoms with Gasteiger partial charge in [0.1, 0.15) is 12.3 Å². The number of alkyl halides is 2. The van der Waals surface area contributed by atoms with Crippen LogP contribution in [0.15, 0.2) is 52.1 Å². The number of hydrogen-bond donors (Lipinski definition) is 1. The molecule has 2 heterocycles. The molecule has 0 saturated heterocycles. The van der Waals surface area contributed by atoms with Crippen molar-refractivity contribution >= 4 is 44.6 Å². The van der Waals surface area contributed by atoms with E-state index in [0.717, 1.165) is 15.8 Å². The largest absolute Gasteiger partial charge is 0.493 e. The van der Waals surface area contributed by atoms with Gasteiger partial charge < -0.3 is 14.6 Å². The summed E-state index contributed by atoms with van der Waals surface area (Å²) >= 11 is 3.78. The van der Waals surface area contributed by atoms with Crippen LogP contribution in [0, 0.1) is 0 Å². The smallest absolute Gasteiger partial charge is 0.291 e. The number of thioether (sulfide) groups is 1. The lowest BCUT2D eigenvalue weighted by Crippen LogP contribution is -2.34. The molecule has 146 valence electrons. The average Bonchev–Trinajstić information content (AvgIpc) is 2.99. The van der Waals surface area contributed by atoms with Gasteiger partial charge in [0, 0.05) is 16.5 Å². The van der Waals surface area contributed by atoms with Gasteiger partial charge in [0.05, 0.1) is 23.7 Å². The third-order valence-corrected chi connectivity index (χ3v) is 5.66. The summed E-state index contributed by atoms with van der Waals surface area (Å²) in [6, 6.07) is 12.6. The highest BCUT2D eigenvalue weighted by Crippen LogP contribution is 2.34. The minimum atomic E-state index is -2.61. The zero-order valence-corrected chi connectivity index (χ0v) is 17.0. The van der Waals surface area contributed by atoms with Crippen molar-refractivity contribution in [1.82, 2.24) is 14.9 Å². The van der Waals surface area contributed by atoms with Gasteiger partial charge in [-0.1, -0.05) is 28.1 Å². The monoisotopic (exact) mass is 467 g/mol. The van der Waals surface area contributed by atoms with E-state index in [1.54, 1.807) is 24.3 Å². The number of carbonyl (C=O) groups excluding carboxylic acids is 1. The second-order valence-corrected chi connectivity index (χ2v) is 8.16. The van der Waals surface area contributed by atoms with Crippen LogP contribution < -0.4 is 10.1 Å². The maximum Gasteiger partial charge on any atom is 0.291 e. The highest BCUT2D eigenvalue weighted by molar-refractivity contribution is 9.10. The van der Waals surface area contributed by atoms with Crippen LogP contribution in [0.5, 0.6) is 5.75 Å². The summed E-state index contributed by atoms with van der Waals surface area (Å²) < 4.78 is 33.9. The summed E-state index contributed by atoms with van der Waals surface area (Å²) in [6.07, 6.45) is 0.637. The zero-order valence-electron chi connectivity index (χ0n) is 14.6. The molecule has 0 fully saturated rings. The Morgan fingerprint density at radius 3 is 3.00 bits per heavy atom. The highest BCUT2D eigenvalue weighted by atomic mass is 79.9. The van der Waals surface area contributed by atoms with Crippen molar-refractivity contribution in [3.8, 4) is 5.75 Å². The molecular formula is C19H16BrF2N3O2S. The van der Waals surface area contributed by atoms with E-state index >= 15 is 0 Å². The molecule has 1 unspecified atom stereocenters. The minimum Gasteiger partial charge on any atom is -0.493 e. The molecule has 0 saturated carbocycles. The number of amides is 1. The Morgan fingerprint density at radius 1 is 1.36 bits per heavy atom. The number of rotatable bonds is 5. The first-order valence-corrected chi connectivity index (χ1v) is 10.3. The SMILES string of the molecule is O=C(Cn1c(SC(F)F)nc2ccccc21)NC1CCOc2ccc(Br)cc21. The van der Waals surface area contributed by atoms with Gasteiger partial charge in [-0.2, -0.15) is 8.78 Å². The molecule has 2 aromatic carbocycles. The number of halogens is 3. The fourth-order valence-electron chi connectivity index (χ4n) is 3.27. The highest BCUT2D eigenvalue weighted by Gasteiger charge is 2.24. The number of ether oxygens (including phenoxy) is 1. The first-order valence-electron chi connectivity index (χ1n) is 8.63. The molecule has 1 aromatic heterocycles. The average molecular weight is 468 g/mol.